The average Bonchev–Trinajstić information content (AvgIpc) is 2.46. The molecule has 21 heavy (non-hydrogen) atoms. The summed E-state index contributed by atoms with van der Waals surface area (Å²) < 4.78 is 27.3. The maximum Gasteiger partial charge on any atom is 0.244 e. The Labute approximate surface area is 129 Å². The summed E-state index contributed by atoms with van der Waals surface area (Å²) in [6.45, 7) is 3.91. The van der Waals surface area contributed by atoms with Crippen LogP contribution in [0.5, 0.6) is 0 Å². The molecule has 0 aliphatic heterocycles. The zero-order chi connectivity index (χ0) is 15.5. The number of nitrogens with one attached hydrogen (secondary N) is 1. The summed E-state index contributed by atoms with van der Waals surface area (Å²) in [5.41, 5.74) is 2.05. The second-order valence-corrected chi connectivity index (χ2v) is 6.73. The van der Waals surface area contributed by atoms with Gasteiger partial charge in [0, 0.05) is 6.04 Å². The Kier molecular flexibility index (Phi) is 4.92. The number of aromatic nitrogens is 2. The summed E-state index contributed by atoms with van der Waals surface area (Å²) in [5.74, 6) is 0. The lowest BCUT2D eigenvalue weighted by atomic mass is 10.0. The number of nitrogens with zero attached hydrogens (tertiary/aromatic N) is 2. The zero-order valence-corrected chi connectivity index (χ0v) is 13.3. The largest absolute Gasteiger partial charge is 0.244 e. The third kappa shape index (κ3) is 4.00. The van der Waals surface area contributed by atoms with Crippen molar-refractivity contribution in [1.29, 1.82) is 0 Å². The summed E-state index contributed by atoms with van der Waals surface area (Å²) >= 11 is 5.57. The number of hydrogen-bond donors (Lipinski definition) is 1. The third-order valence-electron chi connectivity index (χ3n) is 3.09. The van der Waals surface area contributed by atoms with Gasteiger partial charge in [-0.2, -0.15) is 0 Å². The van der Waals surface area contributed by atoms with E-state index >= 15 is 0 Å². The topological polar surface area (TPSA) is 72.0 Å². The van der Waals surface area contributed by atoms with Crippen LogP contribution in [0.25, 0.3) is 0 Å². The van der Waals surface area contributed by atoms with Gasteiger partial charge >= 0.3 is 0 Å². The van der Waals surface area contributed by atoms with E-state index in [0.717, 1.165) is 11.1 Å². The van der Waals surface area contributed by atoms with Crippen LogP contribution < -0.4 is 4.72 Å². The van der Waals surface area contributed by atoms with Crippen LogP contribution in [0.15, 0.2) is 41.6 Å². The van der Waals surface area contributed by atoms with Crippen molar-refractivity contribution in [3.63, 3.8) is 0 Å². The Morgan fingerprint density at radius 3 is 2.29 bits per heavy atom. The van der Waals surface area contributed by atoms with Crippen LogP contribution in [0, 0.1) is 6.92 Å². The van der Waals surface area contributed by atoms with E-state index in [1.807, 2.05) is 38.1 Å². The molecule has 5 nitrogen and oxygen atoms in total. The van der Waals surface area contributed by atoms with Gasteiger partial charge in [-0.25, -0.2) is 23.1 Å². The molecule has 0 saturated carbocycles. The molecule has 0 bridgehead atoms. The fourth-order valence-corrected chi connectivity index (χ4v) is 3.17. The quantitative estimate of drug-likeness (QED) is 0.858. The smallest absolute Gasteiger partial charge is 0.225 e. The van der Waals surface area contributed by atoms with Crippen molar-refractivity contribution in [3.8, 4) is 0 Å². The van der Waals surface area contributed by atoms with E-state index < -0.39 is 10.0 Å². The predicted octanol–water partition coefficient (Wildman–Crippen LogP) is 2.87. The summed E-state index contributed by atoms with van der Waals surface area (Å²) in [6, 6.07) is 7.45. The zero-order valence-electron chi connectivity index (χ0n) is 11.7. The van der Waals surface area contributed by atoms with Crippen LogP contribution in [0.4, 0.5) is 0 Å². The molecule has 7 heteroatoms. The maximum atomic E-state index is 12.3. The van der Waals surface area contributed by atoms with Crippen LogP contribution in [0.2, 0.25) is 5.28 Å². The number of hydrogen-bond acceptors (Lipinski definition) is 4. The number of halogens is 1. The molecular weight excluding hydrogens is 310 g/mol. The molecule has 1 aromatic carbocycles. The lowest BCUT2D eigenvalue weighted by Gasteiger charge is -2.17. The molecule has 1 unspecified atom stereocenters. The van der Waals surface area contributed by atoms with Gasteiger partial charge in [0.25, 0.3) is 0 Å². The number of benzene rings is 1. The summed E-state index contributed by atoms with van der Waals surface area (Å²) in [4.78, 5) is 7.39. The number of sulfonamides is 1. The van der Waals surface area contributed by atoms with E-state index in [2.05, 4.69) is 14.7 Å². The number of aryl methyl sites for hydroxylation is 1. The molecular formula is C14H16ClN3O2S. The summed E-state index contributed by atoms with van der Waals surface area (Å²) in [7, 11) is -3.68. The molecule has 0 amide bonds. The van der Waals surface area contributed by atoms with Gasteiger partial charge in [0.15, 0.2) is 0 Å². The monoisotopic (exact) mass is 325 g/mol. The minimum Gasteiger partial charge on any atom is -0.225 e. The normalized spacial score (nSPS) is 13.1. The Balaban J connectivity index is 2.24. The third-order valence-corrected chi connectivity index (χ3v) is 4.71. The van der Waals surface area contributed by atoms with Gasteiger partial charge in [-0.15, -0.1) is 0 Å². The van der Waals surface area contributed by atoms with Gasteiger partial charge in [-0.3, -0.25) is 0 Å². The average molecular weight is 326 g/mol. The molecule has 0 saturated heterocycles. The Hall–Kier alpha value is -1.50. The van der Waals surface area contributed by atoms with Crippen molar-refractivity contribution in [2.75, 3.05) is 0 Å². The van der Waals surface area contributed by atoms with Crippen LogP contribution in [-0.2, 0) is 10.0 Å². The van der Waals surface area contributed by atoms with Crippen LogP contribution in [0.3, 0.4) is 0 Å². The van der Waals surface area contributed by atoms with E-state index in [9.17, 15) is 8.42 Å². The second-order valence-electron chi connectivity index (χ2n) is 4.68. The first-order valence-corrected chi connectivity index (χ1v) is 8.35. The highest BCUT2D eigenvalue weighted by Gasteiger charge is 2.21. The van der Waals surface area contributed by atoms with Crippen molar-refractivity contribution in [2.45, 2.75) is 31.2 Å². The van der Waals surface area contributed by atoms with Crippen molar-refractivity contribution >= 4 is 21.6 Å². The van der Waals surface area contributed by atoms with Gasteiger partial charge in [-0.05, 0) is 30.5 Å². The van der Waals surface area contributed by atoms with Gasteiger partial charge in [0.1, 0.15) is 4.90 Å². The lowest BCUT2D eigenvalue weighted by Crippen LogP contribution is -2.28. The molecule has 112 valence electrons. The summed E-state index contributed by atoms with van der Waals surface area (Å²) in [5, 5.41) is 0.0135. The first-order chi connectivity index (χ1) is 9.92. The standard InChI is InChI=1S/C14H16ClN3O2S/c1-3-13(11-6-4-10(2)5-7-11)18-21(19,20)12-8-16-14(15)17-9-12/h4-9,13,18H,3H2,1-2H3. The summed E-state index contributed by atoms with van der Waals surface area (Å²) in [6.07, 6.45) is 3.02. The van der Waals surface area contributed by atoms with Crippen molar-refractivity contribution in [1.82, 2.24) is 14.7 Å². The van der Waals surface area contributed by atoms with E-state index in [0.29, 0.717) is 6.42 Å². The van der Waals surface area contributed by atoms with Crippen LogP contribution in [0.1, 0.15) is 30.5 Å². The van der Waals surface area contributed by atoms with Crippen molar-refractivity contribution < 1.29 is 8.42 Å². The molecule has 2 rings (SSSR count). The highest BCUT2D eigenvalue weighted by Crippen LogP contribution is 2.20. The molecule has 0 spiro atoms. The first kappa shape index (κ1) is 15.9. The minimum atomic E-state index is -3.68. The minimum absolute atomic E-state index is 0.00235. The molecule has 0 fully saturated rings. The van der Waals surface area contributed by atoms with E-state index in [1.54, 1.807) is 0 Å². The van der Waals surface area contributed by atoms with E-state index in [1.165, 1.54) is 12.4 Å². The van der Waals surface area contributed by atoms with E-state index in [4.69, 9.17) is 11.6 Å². The molecule has 1 atom stereocenters. The maximum absolute atomic E-state index is 12.3. The SMILES string of the molecule is CCC(NS(=O)(=O)c1cnc(Cl)nc1)c1ccc(C)cc1. The lowest BCUT2D eigenvalue weighted by molar-refractivity contribution is 0.549. The van der Waals surface area contributed by atoms with E-state index in [-0.39, 0.29) is 16.2 Å². The molecule has 1 heterocycles. The Morgan fingerprint density at radius 1 is 1.19 bits per heavy atom. The molecule has 2 aromatic rings. The molecule has 0 aliphatic rings. The predicted molar refractivity (Wildman–Crippen MR) is 81.6 cm³/mol. The molecule has 1 N–H and O–H groups in total. The van der Waals surface area contributed by atoms with Gasteiger partial charge in [0.05, 0.1) is 12.4 Å². The molecule has 1 aromatic heterocycles. The van der Waals surface area contributed by atoms with Crippen LogP contribution in [-0.4, -0.2) is 18.4 Å². The van der Waals surface area contributed by atoms with Crippen LogP contribution >= 0.6 is 11.6 Å². The molecule has 0 aliphatic carbocycles. The highest BCUT2D eigenvalue weighted by molar-refractivity contribution is 7.89. The fraction of sp³-hybridized carbons (Fsp3) is 0.286. The van der Waals surface area contributed by atoms with Crippen molar-refractivity contribution in [2.24, 2.45) is 0 Å². The number of rotatable bonds is 5. The first-order valence-electron chi connectivity index (χ1n) is 6.49. The Morgan fingerprint density at radius 2 is 1.76 bits per heavy atom. The van der Waals surface area contributed by atoms with Gasteiger partial charge < -0.3 is 0 Å². The fourth-order valence-electron chi connectivity index (χ4n) is 1.88. The molecule has 0 radical (unpaired) electrons. The van der Waals surface area contributed by atoms with Crippen molar-refractivity contribution in [3.05, 3.63) is 53.1 Å². The van der Waals surface area contributed by atoms with Gasteiger partial charge in [-0.1, -0.05) is 36.8 Å². The second kappa shape index (κ2) is 6.51. The van der Waals surface area contributed by atoms with Gasteiger partial charge in [0.2, 0.25) is 15.3 Å². The Bertz CT molecular complexity index is 700. The highest BCUT2D eigenvalue weighted by atomic mass is 35.5.